The highest BCUT2D eigenvalue weighted by atomic mass is 19.1. The normalized spacial score (nSPS) is 12.6. The number of rotatable bonds is 2. The lowest BCUT2D eigenvalue weighted by Crippen LogP contribution is -2.27. The summed E-state index contributed by atoms with van der Waals surface area (Å²) in [6, 6.07) is 3.84. The summed E-state index contributed by atoms with van der Waals surface area (Å²) >= 11 is 0. The number of carbonyl (C=O) groups excluding carboxylic acids is 1. The standard InChI is InChI=1S/C10H12FNO/c1-6-3-4-8(9(11)5-6)10(13)7(2)12/h3-5,7H,12H2,1-2H3. The first-order chi connectivity index (χ1) is 6.02. The van der Waals surface area contributed by atoms with E-state index in [1.165, 1.54) is 12.1 Å². The number of aryl methyl sites for hydroxylation is 1. The molecular formula is C10H12FNO. The third-order valence-corrected chi connectivity index (χ3v) is 1.80. The third kappa shape index (κ3) is 2.12. The van der Waals surface area contributed by atoms with Gasteiger partial charge in [-0.2, -0.15) is 0 Å². The molecule has 2 nitrogen and oxygen atoms in total. The zero-order valence-corrected chi connectivity index (χ0v) is 7.67. The van der Waals surface area contributed by atoms with Crippen molar-refractivity contribution in [2.75, 3.05) is 0 Å². The maximum absolute atomic E-state index is 13.2. The Labute approximate surface area is 76.6 Å². The molecule has 0 aliphatic rings. The molecule has 1 aromatic carbocycles. The zero-order chi connectivity index (χ0) is 10.0. The third-order valence-electron chi connectivity index (χ3n) is 1.80. The molecule has 0 spiro atoms. The van der Waals surface area contributed by atoms with E-state index in [1.807, 2.05) is 0 Å². The van der Waals surface area contributed by atoms with Crippen LogP contribution in [0.15, 0.2) is 18.2 Å². The van der Waals surface area contributed by atoms with Gasteiger partial charge in [-0.05, 0) is 31.5 Å². The molecule has 1 rings (SSSR count). The summed E-state index contributed by atoms with van der Waals surface area (Å²) in [6.45, 7) is 3.31. The van der Waals surface area contributed by atoms with Gasteiger partial charge in [-0.25, -0.2) is 4.39 Å². The van der Waals surface area contributed by atoms with E-state index in [0.29, 0.717) is 0 Å². The molecule has 0 saturated heterocycles. The van der Waals surface area contributed by atoms with Crippen molar-refractivity contribution in [1.29, 1.82) is 0 Å². The maximum Gasteiger partial charge on any atom is 0.182 e. The van der Waals surface area contributed by atoms with Gasteiger partial charge < -0.3 is 5.73 Å². The van der Waals surface area contributed by atoms with E-state index in [1.54, 1.807) is 19.9 Å². The number of nitrogens with two attached hydrogens (primary N) is 1. The minimum atomic E-state index is -0.655. The van der Waals surface area contributed by atoms with Crippen LogP contribution in [0.2, 0.25) is 0 Å². The number of halogens is 1. The molecular weight excluding hydrogens is 169 g/mol. The predicted molar refractivity (Wildman–Crippen MR) is 49.1 cm³/mol. The van der Waals surface area contributed by atoms with Gasteiger partial charge in [0.25, 0.3) is 0 Å². The van der Waals surface area contributed by atoms with Crippen molar-refractivity contribution < 1.29 is 9.18 Å². The topological polar surface area (TPSA) is 43.1 Å². The first kappa shape index (κ1) is 9.86. The van der Waals surface area contributed by atoms with Crippen LogP contribution in [0.3, 0.4) is 0 Å². The second kappa shape index (κ2) is 3.66. The van der Waals surface area contributed by atoms with Gasteiger partial charge in [0, 0.05) is 0 Å². The molecule has 1 aromatic rings. The fourth-order valence-corrected chi connectivity index (χ4v) is 1.07. The Morgan fingerprint density at radius 1 is 1.54 bits per heavy atom. The van der Waals surface area contributed by atoms with Crippen molar-refractivity contribution in [2.24, 2.45) is 5.73 Å². The minimum absolute atomic E-state index is 0.0700. The molecule has 0 bridgehead atoms. The van der Waals surface area contributed by atoms with Gasteiger partial charge in [0.15, 0.2) is 5.78 Å². The summed E-state index contributed by atoms with van der Waals surface area (Å²) in [5, 5.41) is 0. The Hall–Kier alpha value is -1.22. The number of benzene rings is 1. The molecule has 0 fully saturated rings. The van der Waals surface area contributed by atoms with Crippen LogP contribution >= 0.6 is 0 Å². The average Bonchev–Trinajstić information content (AvgIpc) is 2.03. The number of ketones is 1. The second-order valence-electron chi connectivity index (χ2n) is 3.14. The van der Waals surface area contributed by atoms with Gasteiger partial charge in [0.1, 0.15) is 5.82 Å². The summed E-state index contributed by atoms with van der Waals surface area (Å²) in [5.74, 6) is -0.861. The SMILES string of the molecule is Cc1ccc(C(=O)C(C)N)c(F)c1. The van der Waals surface area contributed by atoms with Crippen LogP contribution in [0.25, 0.3) is 0 Å². The predicted octanol–water partition coefficient (Wildman–Crippen LogP) is 1.66. The first-order valence-electron chi connectivity index (χ1n) is 4.08. The van der Waals surface area contributed by atoms with Gasteiger partial charge in [-0.15, -0.1) is 0 Å². The van der Waals surface area contributed by atoms with Gasteiger partial charge in [-0.1, -0.05) is 6.07 Å². The van der Waals surface area contributed by atoms with Crippen LogP contribution < -0.4 is 5.73 Å². The smallest absolute Gasteiger partial charge is 0.182 e. The molecule has 2 N–H and O–H groups in total. The lowest BCUT2D eigenvalue weighted by molar-refractivity contribution is 0.0964. The van der Waals surface area contributed by atoms with Gasteiger partial charge in [-0.3, -0.25) is 4.79 Å². The number of carbonyl (C=O) groups is 1. The molecule has 0 aromatic heterocycles. The highest BCUT2D eigenvalue weighted by Gasteiger charge is 2.14. The van der Waals surface area contributed by atoms with Crippen LogP contribution in [0.5, 0.6) is 0 Å². The molecule has 0 heterocycles. The largest absolute Gasteiger partial charge is 0.321 e. The fourth-order valence-electron chi connectivity index (χ4n) is 1.07. The summed E-state index contributed by atoms with van der Waals surface area (Å²) in [5.41, 5.74) is 6.22. The lowest BCUT2D eigenvalue weighted by Gasteiger charge is -2.05. The number of hydrogen-bond donors (Lipinski definition) is 1. The highest BCUT2D eigenvalue weighted by Crippen LogP contribution is 2.11. The van der Waals surface area contributed by atoms with Crippen molar-refractivity contribution in [3.8, 4) is 0 Å². The minimum Gasteiger partial charge on any atom is -0.321 e. The number of Topliss-reactive ketones (excluding diaryl/α,β-unsaturated/α-hetero) is 1. The van der Waals surface area contributed by atoms with Crippen molar-refractivity contribution >= 4 is 5.78 Å². The van der Waals surface area contributed by atoms with Crippen LogP contribution in [-0.4, -0.2) is 11.8 Å². The van der Waals surface area contributed by atoms with Crippen LogP contribution in [0.4, 0.5) is 4.39 Å². The van der Waals surface area contributed by atoms with Gasteiger partial charge >= 0.3 is 0 Å². The Balaban J connectivity index is 3.09. The van der Waals surface area contributed by atoms with Crippen molar-refractivity contribution in [3.05, 3.63) is 35.1 Å². The molecule has 70 valence electrons. The van der Waals surface area contributed by atoms with Crippen LogP contribution in [0, 0.1) is 12.7 Å². The van der Waals surface area contributed by atoms with Crippen LogP contribution in [-0.2, 0) is 0 Å². The Morgan fingerprint density at radius 3 is 2.62 bits per heavy atom. The summed E-state index contributed by atoms with van der Waals surface area (Å²) < 4.78 is 13.2. The quantitative estimate of drug-likeness (QED) is 0.705. The molecule has 0 amide bonds. The molecule has 0 aliphatic heterocycles. The Bertz CT molecular complexity index is 334. The van der Waals surface area contributed by atoms with Crippen LogP contribution in [0.1, 0.15) is 22.8 Å². The monoisotopic (exact) mass is 181 g/mol. The number of hydrogen-bond acceptors (Lipinski definition) is 2. The van der Waals surface area contributed by atoms with Crippen molar-refractivity contribution in [3.63, 3.8) is 0 Å². The van der Waals surface area contributed by atoms with E-state index in [9.17, 15) is 9.18 Å². The van der Waals surface area contributed by atoms with E-state index in [0.717, 1.165) is 5.56 Å². The molecule has 0 aliphatic carbocycles. The molecule has 0 saturated carbocycles. The zero-order valence-electron chi connectivity index (χ0n) is 7.67. The van der Waals surface area contributed by atoms with E-state index in [4.69, 9.17) is 5.73 Å². The van der Waals surface area contributed by atoms with Gasteiger partial charge in [0.2, 0.25) is 0 Å². The second-order valence-corrected chi connectivity index (χ2v) is 3.14. The molecule has 1 atom stereocenters. The van der Waals surface area contributed by atoms with Crippen molar-refractivity contribution in [1.82, 2.24) is 0 Å². The molecule has 3 heteroatoms. The van der Waals surface area contributed by atoms with E-state index >= 15 is 0 Å². The molecule has 13 heavy (non-hydrogen) atoms. The Morgan fingerprint density at radius 2 is 2.15 bits per heavy atom. The fraction of sp³-hybridized carbons (Fsp3) is 0.300. The lowest BCUT2D eigenvalue weighted by atomic mass is 10.0. The first-order valence-corrected chi connectivity index (χ1v) is 4.08. The summed E-state index contributed by atoms with van der Waals surface area (Å²) in [4.78, 5) is 11.3. The average molecular weight is 181 g/mol. The molecule has 1 unspecified atom stereocenters. The highest BCUT2D eigenvalue weighted by molar-refractivity contribution is 5.99. The van der Waals surface area contributed by atoms with E-state index in [2.05, 4.69) is 0 Å². The Kier molecular flexibility index (Phi) is 2.78. The molecule has 0 radical (unpaired) electrons. The van der Waals surface area contributed by atoms with Gasteiger partial charge in [0.05, 0.1) is 11.6 Å². The summed E-state index contributed by atoms with van der Waals surface area (Å²) in [6.07, 6.45) is 0. The summed E-state index contributed by atoms with van der Waals surface area (Å²) in [7, 11) is 0. The van der Waals surface area contributed by atoms with E-state index in [-0.39, 0.29) is 11.3 Å². The van der Waals surface area contributed by atoms with E-state index < -0.39 is 11.9 Å². The van der Waals surface area contributed by atoms with Crippen molar-refractivity contribution in [2.45, 2.75) is 19.9 Å². The maximum atomic E-state index is 13.2.